The van der Waals surface area contributed by atoms with Crippen LogP contribution in [0.1, 0.15) is 41.0 Å². The normalized spacial score (nSPS) is 13.8. The Hall–Kier alpha value is -0.610. The van der Waals surface area contributed by atoms with Gasteiger partial charge in [-0.15, -0.1) is 0 Å². The molecule has 0 saturated carbocycles. The number of nitrogens with one attached hydrogen (secondary N) is 1. The SMILES string of the molecule is CC(C)CCOCCNC(=O)[C@H](N)C(C)(C)C. The predicted octanol–water partition coefficient (Wildman–Crippen LogP) is 1.54. The molecule has 0 aliphatic heterocycles. The quantitative estimate of drug-likeness (QED) is 0.668. The third kappa shape index (κ3) is 8.16. The van der Waals surface area contributed by atoms with Crippen LogP contribution < -0.4 is 11.1 Å². The highest BCUT2D eigenvalue weighted by Gasteiger charge is 2.26. The van der Waals surface area contributed by atoms with E-state index in [2.05, 4.69) is 19.2 Å². The molecule has 4 heteroatoms. The molecule has 0 aromatic heterocycles. The molecule has 0 aromatic rings. The predicted molar refractivity (Wildman–Crippen MR) is 70.7 cm³/mol. The molecular weight excluding hydrogens is 216 g/mol. The van der Waals surface area contributed by atoms with Gasteiger partial charge in [0.1, 0.15) is 0 Å². The van der Waals surface area contributed by atoms with Crippen LogP contribution in [0, 0.1) is 11.3 Å². The van der Waals surface area contributed by atoms with Crippen molar-refractivity contribution < 1.29 is 9.53 Å². The van der Waals surface area contributed by atoms with E-state index in [4.69, 9.17) is 10.5 Å². The summed E-state index contributed by atoms with van der Waals surface area (Å²) in [4.78, 5) is 11.6. The van der Waals surface area contributed by atoms with Crippen molar-refractivity contribution in [2.75, 3.05) is 19.8 Å². The lowest BCUT2D eigenvalue weighted by atomic mass is 9.87. The first-order chi connectivity index (χ1) is 7.75. The second-order valence-corrected chi connectivity index (χ2v) is 5.93. The lowest BCUT2D eigenvalue weighted by Gasteiger charge is -2.25. The summed E-state index contributed by atoms with van der Waals surface area (Å²) in [6.07, 6.45) is 1.05. The molecule has 1 atom stereocenters. The highest BCUT2D eigenvalue weighted by Crippen LogP contribution is 2.16. The van der Waals surface area contributed by atoms with Gasteiger partial charge < -0.3 is 15.8 Å². The molecule has 0 spiro atoms. The summed E-state index contributed by atoms with van der Waals surface area (Å²) in [6, 6.07) is -0.474. The smallest absolute Gasteiger partial charge is 0.237 e. The third-order valence-corrected chi connectivity index (χ3v) is 2.60. The Balaban J connectivity index is 3.59. The van der Waals surface area contributed by atoms with Gasteiger partial charge in [0, 0.05) is 13.2 Å². The van der Waals surface area contributed by atoms with Gasteiger partial charge in [-0.1, -0.05) is 34.6 Å². The number of hydrogen-bond donors (Lipinski definition) is 2. The maximum Gasteiger partial charge on any atom is 0.237 e. The number of ether oxygens (including phenoxy) is 1. The second-order valence-electron chi connectivity index (χ2n) is 5.93. The number of rotatable bonds is 7. The fourth-order valence-electron chi connectivity index (χ4n) is 1.17. The molecule has 0 radical (unpaired) electrons. The largest absolute Gasteiger partial charge is 0.380 e. The first kappa shape index (κ1) is 16.4. The van der Waals surface area contributed by atoms with Crippen LogP contribution in [0.2, 0.25) is 0 Å². The third-order valence-electron chi connectivity index (χ3n) is 2.60. The van der Waals surface area contributed by atoms with Crippen molar-refractivity contribution in [3.8, 4) is 0 Å². The molecule has 1 amide bonds. The van der Waals surface area contributed by atoms with Crippen LogP contribution in [-0.2, 0) is 9.53 Å². The lowest BCUT2D eigenvalue weighted by Crippen LogP contribution is -2.49. The minimum absolute atomic E-state index is 0.107. The van der Waals surface area contributed by atoms with Gasteiger partial charge >= 0.3 is 0 Å². The Labute approximate surface area is 105 Å². The van der Waals surface area contributed by atoms with Crippen LogP contribution in [0.3, 0.4) is 0 Å². The van der Waals surface area contributed by atoms with Crippen molar-refractivity contribution in [1.29, 1.82) is 0 Å². The van der Waals surface area contributed by atoms with E-state index in [9.17, 15) is 4.79 Å². The number of carbonyl (C=O) groups is 1. The van der Waals surface area contributed by atoms with E-state index in [0.29, 0.717) is 19.1 Å². The summed E-state index contributed by atoms with van der Waals surface area (Å²) in [7, 11) is 0. The number of nitrogens with two attached hydrogens (primary N) is 1. The Morgan fingerprint density at radius 2 is 1.88 bits per heavy atom. The molecule has 102 valence electrons. The molecule has 3 N–H and O–H groups in total. The first-order valence-corrected chi connectivity index (χ1v) is 6.36. The number of amides is 1. The van der Waals surface area contributed by atoms with Gasteiger partial charge in [-0.2, -0.15) is 0 Å². The summed E-state index contributed by atoms with van der Waals surface area (Å²) in [5.74, 6) is 0.545. The van der Waals surface area contributed by atoms with Gasteiger partial charge in [0.05, 0.1) is 12.6 Å². The Morgan fingerprint density at radius 1 is 1.29 bits per heavy atom. The van der Waals surface area contributed by atoms with Crippen molar-refractivity contribution in [2.45, 2.75) is 47.1 Å². The fourth-order valence-corrected chi connectivity index (χ4v) is 1.17. The summed E-state index contributed by atoms with van der Waals surface area (Å²) in [6.45, 7) is 12.0. The fraction of sp³-hybridized carbons (Fsp3) is 0.923. The molecule has 0 heterocycles. The molecule has 0 rings (SSSR count). The van der Waals surface area contributed by atoms with Crippen LogP contribution in [0.15, 0.2) is 0 Å². The Kier molecular flexibility index (Phi) is 7.39. The topological polar surface area (TPSA) is 64.3 Å². The van der Waals surface area contributed by atoms with Crippen molar-refractivity contribution in [3.05, 3.63) is 0 Å². The second kappa shape index (κ2) is 7.67. The van der Waals surface area contributed by atoms with Gasteiger partial charge in [-0.3, -0.25) is 4.79 Å². The maximum absolute atomic E-state index is 11.6. The highest BCUT2D eigenvalue weighted by atomic mass is 16.5. The molecule has 0 aromatic carbocycles. The highest BCUT2D eigenvalue weighted by molar-refractivity contribution is 5.82. The summed E-state index contributed by atoms with van der Waals surface area (Å²) in [5.41, 5.74) is 5.62. The van der Waals surface area contributed by atoms with Crippen LogP contribution >= 0.6 is 0 Å². The Morgan fingerprint density at radius 3 is 2.35 bits per heavy atom. The van der Waals surface area contributed by atoms with E-state index in [-0.39, 0.29) is 11.3 Å². The molecule has 0 aliphatic carbocycles. The Bertz CT molecular complexity index is 222. The van der Waals surface area contributed by atoms with Crippen molar-refractivity contribution in [3.63, 3.8) is 0 Å². The molecule has 17 heavy (non-hydrogen) atoms. The molecule has 0 unspecified atom stereocenters. The monoisotopic (exact) mass is 244 g/mol. The molecule has 0 aliphatic rings. The van der Waals surface area contributed by atoms with E-state index in [0.717, 1.165) is 13.0 Å². The lowest BCUT2D eigenvalue weighted by molar-refractivity contribution is -0.124. The van der Waals surface area contributed by atoms with Crippen LogP contribution in [0.4, 0.5) is 0 Å². The zero-order valence-electron chi connectivity index (χ0n) is 11.9. The van der Waals surface area contributed by atoms with Gasteiger partial charge in [0.2, 0.25) is 5.91 Å². The van der Waals surface area contributed by atoms with E-state index >= 15 is 0 Å². The van der Waals surface area contributed by atoms with Gasteiger partial charge in [-0.25, -0.2) is 0 Å². The summed E-state index contributed by atoms with van der Waals surface area (Å²) in [5, 5.41) is 2.79. The van der Waals surface area contributed by atoms with Gasteiger partial charge in [0.15, 0.2) is 0 Å². The summed E-state index contributed by atoms with van der Waals surface area (Å²) >= 11 is 0. The summed E-state index contributed by atoms with van der Waals surface area (Å²) < 4.78 is 5.40. The molecular formula is C13H28N2O2. The van der Waals surface area contributed by atoms with Crippen LogP contribution in [-0.4, -0.2) is 31.7 Å². The van der Waals surface area contributed by atoms with E-state index in [1.165, 1.54) is 0 Å². The number of hydrogen-bond acceptors (Lipinski definition) is 3. The molecule has 4 nitrogen and oxygen atoms in total. The van der Waals surface area contributed by atoms with E-state index in [1.807, 2.05) is 20.8 Å². The van der Waals surface area contributed by atoms with Gasteiger partial charge in [-0.05, 0) is 17.8 Å². The minimum atomic E-state index is -0.474. The van der Waals surface area contributed by atoms with E-state index < -0.39 is 6.04 Å². The van der Waals surface area contributed by atoms with Crippen LogP contribution in [0.5, 0.6) is 0 Å². The zero-order chi connectivity index (χ0) is 13.5. The number of carbonyl (C=O) groups excluding carboxylic acids is 1. The molecule has 0 fully saturated rings. The maximum atomic E-state index is 11.6. The van der Waals surface area contributed by atoms with Gasteiger partial charge in [0.25, 0.3) is 0 Å². The zero-order valence-corrected chi connectivity index (χ0v) is 11.9. The molecule has 0 bridgehead atoms. The van der Waals surface area contributed by atoms with Crippen molar-refractivity contribution >= 4 is 5.91 Å². The van der Waals surface area contributed by atoms with Crippen molar-refractivity contribution in [2.24, 2.45) is 17.1 Å². The standard InChI is InChI=1S/C13H28N2O2/c1-10(2)6-8-17-9-7-15-12(16)11(14)13(3,4)5/h10-11H,6-9,14H2,1-5H3,(H,15,16)/t11-/m0/s1. The van der Waals surface area contributed by atoms with Crippen LogP contribution in [0.25, 0.3) is 0 Å². The van der Waals surface area contributed by atoms with E-state index in [1.54, 1.807) is 0 Å². The molecule has 0 saturated heterocycles. The first-order valence-electron chi connectivity index (χ1n) is 6.36. The van der Waals surface area contributed by atoms with Crippen molar-refractivity contribution in [1.82, 2.24) is 5.32 Å². The average Bonchev–Trinajstić information content (AvgIpc) is 2.19. The minimum Gasteiger partial charge on any atom is -0.380 e. The average molecular weight is 244 g/mol.